The second-order valence-corrected chi connectivity index (χ2v) is 4.85. The summed E-state index contributed by atoms with van der Waals surface area (Å²) in [4.78, 5) is 14.1. The van der Waals surface area contributed by atoms with E-state index in [4.69, 9.17) is 5.11 Å². The Morgan fingerprint density at radius 3 is 2.81 bits per heavy atom. The van der Waals surface area contributed by atoms with Crippen molar-refractivity contribution in [3.05, 3.63) is 0 Å². The molecule has 3 nitrogen and oxygen atoms in total. The fraction of sp³-hybridized carbons (Fsp3) is 0.923. The van der Waals surface area contributed by atoms with Gasteiger partial charge in [0.05, 0.1) is 6.04 Å². The molecule has 0 radical (unpaired) electrons. The number of aliphatic hydroxyl groups is 1. The summed E-state index contributed by atoms with van der Waals surface area (Å²) in [5, 5.41) is 8.69. The zero-order valence-electron chi connectivity index (χ0n) is 10.5. The van der Waals surface area contributed by atoms with E-state index in [-0.39, 0.29) is 12.6 Å². The predicted molar refractivity (Wildman–Crippen MR) is 65.4 cm³/mol. The van der Waals surface area contributed by atoms with Gasteiger partial charge in [-0.1, -0.05) is 12.8 Å². The van der Waals surface area contributed by atoms with Gasteiger partial charge >= 0.3 is 0 Å². The second-order valence-electron chi connectivity index (χ2n) is 4.85. The number of rotatable bonds is 6. The fourth-order valence-corrected chi connectivity index (χ4v) is 2.41. The highest BCUT2D eigenvalue weighted by molar-refractivity contribution is 5.84. The summed E-state index contributed by atoms with van der Waals surface area (Å²) in [5.74, 6) is 0.433. The molecule has 0 aliphatic heterocycles. The lowest BCUT2D eigenvalue weighted by atomic mass is 10.1. The summed E-state index contributed by atoms with van der Waals surface area (Å²) in [6.45, 7) is 1.27. The largest absolute Gasteiger partial charge is 0.396 e. The summed E-state index contributed by atoms with van der Waals surface area (Å²) in [6, 6.07) is 0.164. The fourth-order valence-electron chi connectivity index (χ4n) is 2.41. The molecule has 1 rings (SSSR count). The number of likely N-dealkylation sites (N-methyl/N-ethyl adjacent to an activating group) is 1. The minimum absolute atomic E-state index is 0.164. The maximum atomic E-state index is 11.9. The minimum Gasteiger partial charge on any atom is -0.396 e. The Morgan fingerprint density at radius 1 is 1.25 bits per heavy atom. The summed E-state index contributed by atoms with van der Waals surface area (Å²) in [6.07, 6.45) is 8.31. The smallest absolute Gasteiger partial charge is 0.149 e. The van der Waals surface area contributed by atoms with Crippen LogP contribution in [0.1, 0.15) is 51.4 Å². The highest BCUT2D eigenvalue weighted by Gasteiger charge is 2.23. The van der Waals surface area contributed by atoms with Crippen molar-refractivity contribution >= 4 is 5.78 Å². The molecule has 0 aromatic carbocycles. The number of Topliss-reactive ketones (excluding diaryl/α,β-unsaturated/α-hetero) is 1. The van der Waals surface area contributed by atoms with Crippen LogP contribution >= 0.6 is 0 Å². The maximum Gasteiger partial charge on any atom is 0.149 e. The zero-order valence-corrected chi connectivity index (χ0v) is 10.5. The number of hydrogen-bond acceptors (Lipinski definition) is 3. The average Bonchev–Trinajstić information content (AvgIpc) is 2.49. The second kappa shape index (κ2) is 7.80. The molecular weight excluding hydrogens is 202 g/mol. The van der Waals surface area contributed by atoms with E-state index >= 15 is 0 Å². The minimum atomic E-state index is 0.164. The van der Waals surface area contributed by atoms with Gasteiger partial charge in [-0.25, -0.2) is 0 Å². The van der Waals surface area contributed by atoms with Gasteiger partial charge in [0.15, 0.2) is 0 Å². The molecule has 1 unspecified atom stereocenters. The Morgan fingerprint density at radius 2 is 2.06 bits per heavy atom. The van der Waals surface area contributed by atoms with Crippen molar-refractivity contribution in [2.24, 2.45) is 0 Å². The van der Waals surface area contributed by atoms with Crippen LogP contribution in [0.3, 0.4) is 0 Å². The molecule has 0 amide bonds. The van der Waals surface area contributed by atoms with Crippen LogP contribution in [-0.4, -0.2) is 42.0 Å². The Labute approximate surface area is 98.8 Å². The van der Waals surface area contributed by atoms with Gasteiger partial charge in [-0.05, 0) is 45.7 Å². The number of carbonyl (C=O) groups excluding carboxylic acids is 1. The molecule has 3 heteroatoms. The monoisotopic (exact) mass is 227 g/mol. The molecule has 16 heavy (non-hydrogen) atoms. The zero-order chi connectivity index (χ0) is 11.8. The van der Waals surface area contributed by atoms with Crippen LogP contribution in [0.25, 0.3) is 0 Å². The van der Waals surface area contributed by atoms with E-state index in [1.54, 1.807) is 0 Å². The van der Waals surface area contributed by atoms with E-state index in [2.05, 4.69) is 11.9 Å². The van der Waals surface area contributed by atoms with E-state index in [1.807, 2.05) is 0 Å². The summed E-state index contributed by atoms with van der Waals surface area (Å²) in [7, 11) is 2.06. The Bertz CT molecular complexity index is 206. The van der Waals surface area contributed by atoms with E-state index in [9.17, 15) is 4.79 Å². The van der Waals surface area contributed by atoms with Gasteiger partial charge in [0.2, 0.25) is 0 Å². The molecule has 0 bridgehead atoms. The number of unbranched alkanes of at least 4 members (excludes halogenated alkanes) is 2. The molecule has 1 aliphatic rings. The summed E-state index contributed by atoms with van der Waals surface area (Å²) >= 11 is 0. The van der Waals surface area contributed by atoms with Crippen LogP contribution in [0.2, 0.25) is 0 Å². The molecule has 0 aromatic heterocycles. The van der Waals surface area contributed by atoms with Crippen LogP contribution in [0.15, 0.2) is 0 Å². The third kappa shape index (κ3) is 4.62. The quantitative estimate of drug-likeness (QED) is 0.557. The van der Waals surface area contributed by atoms with E-state index in [0.29, 0.717) is 5.78 Å². The number of aliphatic hydroxyl groups excluding tert-OH is 1. The SMILES string of the molecule is CN(CCCCCO)C1CCCCCC1=O. The number of hydrogen-bond donors (Lipinski definition) is 1. The van der Waals surface area contributed by atoms with E-state index in [0.717, 1.165) is 45.1 Å². The molecule has 0 saturated heterocycles. The van der Waals surface area contributed by atoms with Crippen LogP contribution in [0, 0.1) is 0 Å². The molecule has 1 aliphatic carbocycles. The van der Waals surface area contributed by atoms with Crippen molar-refractivity contribution in [2.45, 2.75) is 57.4 Å². The van der Waals surface area contributed by atoms with Crippen LogP contribution in [0.4, 0.5) is 0 Å². The first kappa shape index (κ1) is 13.7. The van der Waals surface area contributed by atoms with Gasteiger partial charge < -0.3 is 5.11 Å². The van der Waals surface area contributed by atoms with Crippen LogP contribution in [0.5, 0.6) is 0 Å². The lowest BCUT2D eigenvalue weighted by molar-refractivity contribution is -0.123. The van der Waals surface area contributed by atoms with Gasteiger partial charge in [0, 0.05) is 13.0 Å². The predicted octanol–water partition coefficient (Wildman–Crippen LogP) is 1.98. The number of nitrogens with zero attached hydrogens (tertiary/aromatic N) is 1. The summed E-state index contributed by atoms with van der Waals surface area (Å²) < 4.78 is 0. The summed E-state index contributed by atoms with van der Waals surface area (Å²) in [5.41, 5.74) is 0. The van der Waals surface area contributed by atoms with E-state index in [1.165, 1.54) is 12.8 Å². The van der Waals surface area contributed by atoms with Crippen LogP contribution in [-0.2, 0) is 4.79 Å². The molecule has 0 aromatic rings. The van der Waals surface area contributed by atoms with Gasteiger partial charge in [-0.15, -0.1) is 0 Å². The molecule has 0 spiro atoms. The average molecular weight is 227 g/mol. The third-order valence-corrected chi connectivity index (χ3v) is 3.47. The molecular formula is C13H25NO2. The van der Waals surface area contributed by atoms with Gasteiger partial charge in [0.25, 0.3) is 0 Å². The standard InChI is InChI=1S/C13H25NO2/c1-14(10-6-3-7-11-15)12-8-4-2-5-9-13(12)16/h12,15H,2-11H2,1H3. The van der Waals surface area contributed by atoms with Crippen molar-refractivity contribution in [2.75, 3.05) is 20.2 Å². The van der Waals surface area contributed by atoms with Crippen LogP contribution < -0.4 is 0 Å². The molecule has 0 heterocycles. The van der Waals surface area contributed by atoms with Crippen molar-refractivity contribution < 1.29 is 9.90 Å². The normalized spacial score (nSPS) is 22.4. The first-order chi connectivity index (χ1) is 7.75. The van der Waals surface area contributed by atoms with Gasteiger partial charge in [-0.2, -0.15) is 0 Å². The van der Waals surface area contributed by atoms with Crippen molar-refractivity contribution in [3.63, 3.8) is 0 Å². The Hall–Kier alpha value is -0.410. The molecule has 1 saturated carbocycles. The molecule has 1 fully saturated rings. The van der Waals surface area contributed by atoms with Gasteiger partial charge in [-0.3, -0.25) is 9.69 Å². The number of ketones is 1. The van der Waals surface area contributed by atoms with E-state index < -0.39 is 0 Å². The van der Waals surface area contributed by atoms with Crippen molar-refractivity contribution in [1.82, 2.24) is 4.90 Å². The number of carbonyl (C=O) groups is 1. The molecule has 94 valence electrons. The molecule has 1 N–H and O–H groups in total. The lowest BCUT2D eigenvalue weighted by Gasteiger charge is -2.25. The topological polar surface area (TPSA) is 40.5 Å². The Balaban J connectivity index is 2.27. The third-order valence-electron chi connectivity index (χ3n) is 3.47. The molecule has 1 atom stereocenters. The Kier molecular flexibility index (Phi) is 6.65. The lowest BCUT2D eigenvalue weighted by Crippen LogP contribution is -2.38. The van der Waals surface area contributed by atoms with Gasteiger partial charge in [0.1, 0.15) is 5.78 Å². The first-order valence-corrected chi connectivity index (χ1v) is 6.59. The van der Waals surface area contributed by atoms with Crippen molar-refractivity contribution in [1.29, 1.82) is 0 Å². The van der Waals surface area contributed by atoms with Crippen molar-refractivity contribution in [3.8, 4) is 0 Å². The highest BCUT2D eigenvalue weighted by atomic mass is 16.2. The first-order valence-electron chi connectivity index (χ1n) is 6.59. The highest BCUT2D eigenvalue weighted by Crippen LogP contribution is 2.18. The maximum absolute atomic E-state index is 11.9.